The minimum Gasteiger partial charge on any atom is -0.460 e. The largest absolute Gasteiger partial charge is 0.460 e. The van der Waals surface area contributed by atoms with E-state index in [0.29, 0.717) is 52.1 Å². The highest BCUT2D eigenvalue weighted by molar-refractivity contribution is 5.72. The Labute approximate surface area is 275 Å². The fraction of sp³-hybridized carbons (Fsp3) is 0.706. The zero-order valence-corrected chi connectivity index (χ0v) is 29.4. The molecule has 0 unspecified atom stereocenters. The highest BCUT2D eigenvalue weighted by Gasteiger charge is 2.28. The standard InChI is InChI=1S/C34H56N4O8/c1-32(2,3)44-29(40)36-19-14-20-38(31(42)46-34(7,8)9)24-23-37(30(41)45-33(4,5)6)18-13-17-35(21-22-36)25-28(39)43-26-27-15-11-10-12-16-27/h10-12,15-16H,13-14,17-26H2,1-9H3. The first kappa shape index (κ1) is 38.6. The molecule has 0 saturated carbocycles. The smallest absolute Gasteiger partial charge is 0.410 e. The minimum atomic E-state index is -0.699. The highest BCUT2D eigenvalue weighted by Crippen LogP contribution is 2.15. The summed E-state index contributed by atoms with van der Waals surface area (Å²) in [6.07, 6.45) is -0.471. The van der Waals surface area contributed by atoms with Gasteiger partial charge in [-0.2, -0.15) is 0 Å². The van der Waals surface area contributed by atoms with Crippen molar-refractivity contribution in [2.24, 2.45) is 0 Å². The summed E-state index contributed by atoms with van der Waals surface area (Å²) < 4.78 is 22.6. The molecule has 1 heterocycles. The second-order valence-corrected chi connectivity index (χ2v) is 14.5. The molecule has 3 amide bonds. The van der Waals surface area contributed by atoms with Crippen molar-refractivity contribution >= 4 is 24.2 Å². The molecule has 1 aliphatic heterocycles. The monoisotopic (exact) mass is 648 g/mol. The zero-order valence-electron chi connectivity index (χ0n) is 29.4. The summed E-state index contributed by atoms with van der Waals surface area (Å²) in [5, 5.41) is 0. The number of hydrogen-bond donors (Lipinski definition) is 0. The van der Waals surface area contributed by atoms with Crippen molar-refractivity contribution in [3.05, 3.63) is 35.9 Å². The molecule has 1 aliphatic rings. The van der Waals surface area contributed by atoms with Gasteiger partial charge in [-0.15, -0.1) is 0 Å². The van der Waals surface area contributed by atoms with E-state index in [1.54, 1.807) is 56.2 Å². The molecule has 260 valence electrons. The zero-order chi connectivity index (χ0) is 34.5. The lowest BCUT2D eigenvalue weighted by molar-refractivity contribution is -0.146. The van der Waals surface area contributed by atoms with Gasteiger partial charge in [0, 0.05) is 52.4 Å². The van der Waals surface area contributed by atoms with Gasteiger partial charge in [0.2, 0.25) is 0 Å². The van der Waals surface area contributed by atoms with Crippen LogP contribution in [0.15, 0.2) is 30.3 Å². The van der Waals surface area contributed by atoms with Crippen molar-refractivity contribution in [2.45, 2.75) is 98.6 Å². The van der Waals surface area contributed by atoms with Crippen LogP contribution in [0.25, 0.3) is 0 Å². The average Bonchev–Trinajstić information content (AvgIpc) is 2.91. The fourth-order valence-electron chi connectivity index (χ4n) is 4.54. The first-order chi connectivity index (χ1) is 21.3. The van der Waals surface area contributed by atoms with Crippen LogP contribution in [0, 0.1) is 0 Å². The summed E-state index contributed by atoms with van der Waals surface area (Å²) >= 11 is 0. The average molecular weight is 649 g/mol. The SMILES string of the molecule is CC(C)(C)OC(=O)N1CCCN(C(=O)OC(C)(C)C)CCN(C(=O)OC(C)(C)C)CCCN(CC(=O)OCc2ccccc2)CC1. The van der Waals surface area contributed by atoms with Crippen LogP contribution in [0.5, 0.6) is 0 Å². The molecule has 12 heteroatoms. The molecule has 0 spiro atoms. The molecule has 1 aromatic carbocycles. The molecule has 0 aliphatic carbocycles. The summed E-state index contributed by atoms with van der Waals surface area (Å²) in [6.45, 7) is 19.0. The van der Waals surface area contributed by atoms with E-state index in [9.17, 15) is 19.2 Å². The van der Waals surface area contributed by atoms with Gasteiger partial charge < -0.3 is 33.6 Å². The van der Waals surface area contributed by atoms with Crippen molar-refractivity contribution in [3.8, 4) is 0 Å². The van der Waals surface area contributed by atoms with Crippen LogP contribution in [-0.2, 0) is 30.3 Å². The third kappa shape index (κ3) is 16.1. The number of benzene rings is 1. The third-order valence-electron chi connectivity index (χ3n) is 6.63. The number of nitrogens with zero attached hydrogens (tertiary/aromatic N) is 4. The maximum atomic E-state index is 13.2. The van der Waals surface area contributed by atoms with Gasteiger partial charge in [-0.1, -0.05) is 30.3 Å². The summed E-state index contributed by atoms with van der Waals surface area (Å²) in [5.74, 6) is -0.384. The van der Waals surface area contributed by atoms with Crippen molar-refractivity contribution in [2.75, 3.05) is 58.9 Å². The van der Waals surface area contributed by atoms with Crippen LogP contribution in [0.2, 0.25) is 0 Å². The third-order valence-corrected chi connectivity index (χ3v) is 6.63. The molecule has 0 radical (unpaired) electrons. The van der Waals surface area contributed by atoms with Gasteiger partial charge in [0.25, 0.3) is 0 Å². The van der Waals surface area contributed by atoms with Crippen LogP contribution >= 0.6 is 0 Å². The van der Waals surface area contributed by atoms with Crippen LogP contribution in [0.1, 0.15) is 80.7 Å². The van der Waals surface area contributed by atoms with E-state index in [4.69, 9.17) is 18.9 Å². The highest BCUT2D eigenvalue weighted by atomic mass is 16.6. The number of carbonyl (C=O) groups is 4. The summed E-state index contributed by atoms with van der Waals surface area (Å²) in [7, 11) is 0. The molecule has 1 fully saturated rings. The second-order valence-electron chi connectivity index (χ2n) is 14.5. The van der Waals surface area contributed by atoms with Gasteiger partial charge >= 0.3 is 24.2 Å². The molecular formula is C34H56N4O8. The Balaban J connectivity index is 2.27. The molecule has 0 aromatic heterocycles. The number of hydrogen-bond acceptors (Lipinski definition) is 9. The Bertz CT molecular complexity index is 1120. The first-order valence-corrected chi connectivity index (χ1v) is 16.2. The van der Waals surface area contributed by atoms with E-state index in [2.05, 4.69) is 0 Å². The quantitative estimate of drug-likeness (QED) is 0.307. The second kappa shape index (κ2) is 17.4. The first-order valence-electron chi connectivity index (χ1n) is 16.2. The van der Waals surface area contributed by atoms with Crippen molar-refractivity contribution in [1.82, 2.24) is 19.6 Å². The maximum absolute atomic E-state index is 13.2. The van der Waals surface area contributed by atoms with E-state index in [-0.39, 0.29) is 32.2 Å². The van der Waals surface area contributed by atoms with E-state index in [1.165, 1.54) is 0 Å². The van der Waals surface area contributed by atoms with Crippen LogP contribution in [0.4, 0.5) is 14.4 Å². The van der Waals surface area contributed by atoms with Gasteiger partial charge in [0.15, 0.2) is 0 Å². The number of carbonyl (C=O) groups excluding carboxylic acids is 4. The summed E-state index contributed by atoms with van der Waals surface area (Å²) in [6, 6.07) is 9.46. The normalized spacial score (nSPS) is 16.7. The Morgan fingerprint density at radius 1 is 0.565 bits per heavy atom. The van der Waals surface area contributed by atoms with Crippen molar-refractivity contribution < 1.29 is 38.1 Å². The predicted molar refractivity (Wildman–Crippen MR) is 175 cm³/mol. The van der Waals surface area contributed by atoms with E-state index in [1.807, 2.05) is 56.0 Å². The maximum Gasteiger partial charge on any atom is 0.410 e. The van der Waals surface area contributed by atoms with Gasteiger partial charge in [0.1, 0.15) is 23.4 Å². The predicted octanol–water partition coefficient (Wildman–Crippen LogP) is 5.54. The van der Waals surface area contributed by atoms with Crippen LogP contribution < -0.4 is 0 Å². The lowest BCUT2D eigenvalue weighted by atomic mass is 10.2. The number of esters is 1. The van der Waals surface area contributed by atoms with Crippen LogP contribution in [0.3, 0.4) is 0 Å². The fourth-order valence-corrected chi connectivity index (χ4v) is 4.54. The number of rotatable bonds is 4. The Morgan fingerprint density at radius 2 is 0.957 bits per heavy atom. The molecule has 0 N–H and O–H groups in total. The summed E-state index contributed by atoms with van der Waals surface area (Å²) in [5.41, 5.74) is -1.19. The van der Waals surface area contributed by atoms with Gasteiger partial charge in [0.05, 0.1) is 6.54 Å². The Kier molecular flexibility index (Phi) is 14.6. The lowest BCUT2D eigenvalue weighted by Crippen LogP contribution is -2.47. The Morgan fingerprint density at radius 3 is 1.37 bits per heavy atom. The van der Waals surface area contributed by atoms with E-state index >= 15 is 0 Å². The number of ether oxygens (including phenoxy) is 4. The van der Waals surface area contributed by atoms with Crippen LogP contribution in [-0.4, -0.2) is 120 Å². The minimum absolute atomic E-state index is 0.0217. The van der Waals surface area contributed by atoms with Gasteiger partial charge in [-0.3, -0.25) is 9.69 Å². The molecular weight excluding hydrogens is 592 g/mol. The molecule has 1 saturated heterocycles. The summed E-state index contributed by atoms with van der Waals surface area (Å²) in [4.78, 5) is 59.1. The Hall–Kier alpha value is -3.54. The molecule has 2 rings (SSSR count). The number of amides is 3. The molecule has 46 heavy (non-hydrogen) atoms. The lowest BCUT2D eigenvalue weighted by Gasteiger charge is -2.33. The van der Waals surface area contributed by atoms with Crippen molar-refractivity contribution in [3.63, 3.8) is 0 Å². The molecule has 12 nitrogen and oxygen atoms in total. The van der Waals surface area contributed by atoms with Crippen molar-refractivity contribution in [1.29, 1.82) is 0 Å². The molecule has 0 atom stereocenters. The van der Waals surface area contributed by atoms with E-state index < -0.39 is 35.1 Å². The molecule has 0 bridgehead atoms. The topological polar surface area (TPSA) is 118 Å². The van der Waals surface area contributed by atoms with E-state index in [0.717, 1.165) is 5.56 Å². The molecule has 1 aromatic rings. The van der Waals surface area contributed by atoms with Gasteiger partial charge in [-0.25, -0.2) is 14.4 Å². The van der Waals surface area contributed by atoms with Gasteiger partial charge in [-0.05, 0) is 80.7 Å².